The van der Waals surface area contributed by atoms with Gasteiger partial charge in [-0.1, -0.05) is 24.3 Å². The van der Waals surface area contributed by atoms with Gasteiger partial charge in [0.15, 0.2) is 0 Å². The summed E-state index contributed by atoms with van der Waals surface area (Å²) < 4.78 is 0. The minimum absolute atomic E-state index is 0.641. The van der Waals surface area contributed by atoms with E-state index in [2.05, 4.69) is 48.6 Å². The minimum atomic E-state index is 0.641. The Hall–Kier alpha value is -1.12. The van der Waals surface area contributed by atoms with Gasteiger partial charge in [-0.25, -0.2) is 0 Å². The summed E-state index contributed by atoms with van der Waals surface area (Å²) in [5.74, 6) is 0. The molecule has 1 unspecified atom stereocenters. The van der Waals surface area contributed by atoms with E-state index in [0.29, 0.717) is 6.04 Å². The zero-order valence-corrected chi connectivity index (χ0v) is 11.6. The molecule has 1 aliphatic carbocycles. The molecule has 2 aromatic rings. The third kappa shape index (κ3) is 2.65. The molecule has 0 fully saturated rings. The molecule has 1 N–H and O–H groups in total. The molecule has 0 bridgehead atoms. The van der Waals surface area contributed by atoms with Crippen molar-refractivity contribution in [3.05, 3.63) is 57.3 Å². The first-order valence-electron chi connectivity index (χ1n) is 6.67. The maximum Gasteiger partial charge on any atom is 0.0302 e. The van der Waals surface area contributed by atoms with E-state index in [-0.39, 0.29) is 0 Å². The van der Waals surface area contributed by atoms with Crippen molar-refractivity contribution in [3.63, 3.8) is 0 Å². The Bertz CT molecular complexity index is 529. The Labute approximate surface area is 113 Å². The van der Waals surface area contributed by atoms with E-state index in [1.165, 1.54) is 34.6 Å². The highest BCUT2D eigenvalue weighted by Crippen LogP contribution is 2.22. The molecular formula is C16H19NS. The van der Waals surface area contributed by atoms with E-state index in [1.807, 2.05) is 11.3 Å². The predicted octanol–water partition coefficient (Wildman–Crippen LogP) is 3.70. The van der Waals surface area contributed by atoms with E-state index in [0.717, 1.165) is 6.54 Å². The molecule has 18 heavy (non-hydrogen) atoms. The highest BCUT2D eigenvalue weighted by atomic mass is 32.1. The van der Waals surface area contributed by atoms with Crippen molar-refractivity contribution in [2.75, 3.05) is 0 Å². The maximum absolute atomic E-state index is 3.70. The fraction of sp³-hybridized carbons (Fsp3) is 0.375. The van der Waals surface area contributed by atoms with Crippen LogP contribution in [0, 0.1) is 6.92 Å². The molecule has 1 heterocycles. The molecule has 0 aliphatic heterocycles. The van der Waals surface area contributed by atoms with Crippen LogP contribution in [0.2, 0.25) is 0 Å². The Morgan fingerprint density at radius 1 is 1.17 bits per heavy atom. The second kappa shape index (κ2) is 5.25. The third-order valence-corrected chi connectivity index (χ3v) is 4.71. The summed E-state index contributed by atoms with van der Waals surface area (Å²) in [4.78, 5) is 2.85. The van der Waals surface area contributed by atoms with Crippen LogP contribution in [0.3, 0.4) is 0 Å². The number of nitrogens with one attached hydrogen (secondary N) is 1. The minimum Gasteiger partial charge on any atom is -0.309 e. The maximum atomic E-state index is 3.70. The van der Waals surface area contributed by atoms with Gasteiger partial charge in [-0.15, -0.1) is 11.3 Å². The number of benzene rings is 1. The van der Waals surface area contributed by atoms with Gasteiger partial charge in [-0.2, -0.15) is 0 Å². The molecular weight excluding hydrogens is 238 g/mol. The van der Waals surface area contributed by atoms with Crippen molar-refractivity contribution in [3.8, 4) is 0 Å². The third-order valence-electron chi connectivity index (χ3n) is 3.71. The Kier molecular flexibility index (Phi) is 3.48. The monoisotopic (exact) mass is 257 g/mol. The normalized spacial score (nSPS) is 18.6. The fourth-order valence-corrected chi connectivity index (χ4v) is 3.54. The molecule has 0 amide bonds. The molecule has 2 heteroatoms. The second-order valence-corrected chi connectivity index (χ2v) is 6.47. The van der Waals surface area contributed by atoms with E-state index < -0.39 is 0 Å². The molecule has 1 aromatic heterocycles. The van der Waals surface area contributed by atoms with Gasteiger partial charge in [0.05, 0.1) is 0 Å². The zero-order valence-electron chi connectivity index (χ0n) is 10.8. The van der Waals surface area contributed by atoms with Gasteiger partial charge >= 0.3 is 0 Å². The fourth-order valence-electron chi connectivity index (χ4n) is 2.70. The molecule has 3 rings (SSSR count). The summed E-state index contributed by atoms with van der Waals surface area (Å²) in [5.41, 5.74) is 3.08. The van der Waals surface area contributed by atoms with E-state index >= 15 is 0 Å². The number of aryl methyl sites for hydroxylation is 2. The lowest BCUT2D eigenvalue weighted by Crippen LogP contribution is -2.33. The number of thiophene rings is 1. The molecule has 94 valence electrons. The largest absolute Gasteiger partial charge is 0.309 e. The Balaban J connectivity index is 1.59. The van der Waals surface area contributed by atoms with Crippen molar-refractivity contribution < 1.29 is 0 Å². The lowest BCUT2D eigenvalue weighted by molar-refractivity contribution is 0.459. The van der Waals surface area contributed by atoms with Crippen molar-refractivity contribution >= 4 is 11.3 Å². The van der Waals surface area contributed by atoms with Crippen molar-refractivity contribution in [1.82, 2.24) is 5.32 Å². The predicted molar refractivity (Wildman–Crippen MR) is 78.2 cm³/mol. The smallest absolute Gasteiger partial charge is 0.0302 e. The molecule has 0 spiro atoms. The van der Waals surface area contributed by atoms with Crippen molar-refractivity contribution in [1.29, 1.82) is 0 Å². The average Bonchev–Trinajstić information content (AvgIpc) is 2.82. The van der Waals surface area contributed by atoms with Gasteiger partial charge in [0, 0.05) is 22.3 Å². The van der Waals surface area contributed by atoms with Gasteiger partial charge in [0.25, 0.3) is 0 Å². The standard InChI is InChI=1S/C16H19NS/c1-12-6-9-16(18-12)11-17-15-8-7-13-4-2-3-5-14(13)10-15/h2-6,9,15,17H,7-8,10-11H2,1H3. The first-order valence-corrected chi connectivity index (χ1v) is 7.48. The van der Waals surface area contributed by atoms with Crippen LogP contribution >= 0.6 is 11.3 Å². The summed E-state index contributed by atoms with van der Waals surface area (Å²) in [6, 6.07) is 13.9. The highest BCUT2D eigenvalue weighted by Gasteiger charge is 2.17. The number of fused-ring (bicyclic) bond motifs is 1. The summed E-state index contributed by atoms with van der Waals surface area (Å²) in [5, 5.41) is 3.70. The second-order valence-electron chi connectivity index (χ2n) is 5.10. The summed E-state index contributed by atoms with van der Waals surface area (Å²) in [7, 11) is 0. The highest BCUT2D eigenvalue weighted by molar-refractivity contribution is 7.11. The summed E-state index contributed by atoms with van der Waals surface area (Å²) in [6.45, 7) is 3.19. The number of hydrogen-bond donors (Lipinski definition) is 1. The van der Waals surface area contributed by atoms with Gasteiger partial charge in [0.2, 0.25) is 0 Å². The lowest BCUT2D eigenvalue weighted by atomic mass is 9.88. The first-order chi connectivity index (χ1) is 8.81. The molecule has 0 saturated carbocycles. The average molecular weight is 257 g/mol. The molecule has 0 radical (unpaired) electrons. The van der Waals surface area contributed by atoms with Crippen LogP contribution in [0.15, 0.2) is 36.4 Å². The topological polar surface area (TPSA) is 12.0 Å². The Morgan fingerprint density at radius 3 is 2.78 bits per heavy atom. The molecule has 1 aliphatic rings. The van der Waals surface area contributed by atoms with Crippen LogP contribution in [0.4, 0.5) is 0 Å². The summed E-state index contributed by atoms with van der Waals surface area (Å²) >= 11 is 1.90. The number of hydrogen-bond acceptors (Lipinski definition) is 2. The quantitative estimate of drug-likeness (QED) is 0.884. The van der Waals surface area contributed by atoms with Gasteiger partial charge in [-0.05, 0) is 49.4 Å². The summed E-state index contributed by atoms with van der Waals surface area (Å²) in [6.07, 6.45) is 3.67. The van der Waals surface area contributed by atoms with E-state index in [4.69, 9.17) is 0 Å². The molecule has 1 nitrogen and oxygen atoms in total. The van der Waals surface area contributed by atoms with Crippen molar-refractivity contribution in [2.45, 2.75) is 38.8 Å². The van der Waals surface area contributed by atoms with Crippen LogP contribution in [0.5, 0.6) is 0 Å². The van der Waals surface area contributed by atoms with Gasteiger partial charge < -0.3 is 5.32 Å². The lowest BCUT2D eigenvalue weighted by Gasteiger charge is -2.25. The number of rotatable bonds is 3. The van der Waals surface area contributed by atoms with Gasteiger partial charge in [0.1, 0.15) is 0 Å². The first kappa shape index (κ1) is 11.9. The SMILES string of the molecule is Cc1ccc(CNC2CCc3ccccc3C2)s1. The van der Waals surface area contributed by atoms with Gasteiger partial charge in [-0.3, -0.25) is 0 Å². The Morgan fingerprint density at radius 2 is 2.00 bits per heavy atom. The molecule has 1 aromatic carbocycles. The van der Waals surface area contributed by atoms with Crippen LogP contribution < -0.4 is 5.32 Å². The van der Waals surface area contributed by atoms with Crippen LogP contribution in [0.1, 0.15) is 27.3 Å². The van der Waals surface area contributed by atoms with Crippen LogP contribution in [-0.2, 0) is 19.4 Å². The van der Waals surface area contributed by atoms with Crippen molar-refractivity contribution in [2.24, 2.45) is 0 Å². The van der Waals surface area contributed by atoms with E-state index in [9.17, 15) is 0 Å². The van der Waals surface area contributed by atoms with Crippen LogP contribution in [-0.4, -0.2) is 6.04 Å². The zero-order chi connectivity index (χ0) is 12.4. The van der Waals surface area contributed by atoms with Crippen LogP contribution in [0.25, 0.3) is 0 Å². The van der Waals surface area contributed by atoms with E-state index in [1.54, 1.807) is 5.56 Å². The molecule has 0 saturated heterocycles. The molecule has 1 atom stereocenters.